The second kappa shape index (κ2) is 8.99. The summed E-state index contributed by atoms with van der Waals surface area (Å²) in [4.78, 5) is 29.1. The maximum atomic E-state index is 13.8. The number of fused-ring (bicyclic) bond motifs is 1. The second-order valence-corrected chi connectivity index (χ2v) is 9.04. The number of anilines is 1. The molecule has 0 aliphatic heterocycles. The van der Waals surface area contributed by atoms with Crippen LogP contribution >= 0.6 is 23.4 Å². The van der Waals surface area contributed by atoms with Crippen LogP contribution in [0.2, 0.25) is 0 Å². The molecule has 0 radical (unpaired) electrons. The number of hydrogen-bond acceptors (Lipinski definition) is 6. The molecule has 1 amide bonds. The molecule has 0 bridgehead atoms. The maximum Gasteiger partial charge on any atom is 0.364 e. The van der Waals surface area contributed by atoms with Gasteiger partial charge >= 0.3 is 5.38 Å². The topological polar surface area (TPSA) is 102 Å². The van der Waals surface area contributed by atoms with Crippen LogP contribution in [0, 0.1) is 24.0 Å². The summed E-state index contributed by atoms with van der Waals surface area (Å²) in [7, 11) is 0. The Bertz CT molecular complexity index is 1420. The number of aromatic nitrogens is 3. The van der Waals surface area contributed by atoms with E-state index in [9.17, 15) is 23.7 Å². The second-order valence-electron chi connectivity index (χ2n) is 7.42. The van der Waals surface area contributed by atoms with Gasteiger partial charge in [0, 0.05) is 39.4 Å². The van der Waals surface area contributed by atoms with Crippen molar-refractivity contribution in [1.82, 2.24) is 14.6 Å². The minimum atomic E-state index is -3.73. The molecule has 0 fully saturated rings. The zero-order chi connectivity index (χ0) is 24.6. The Kier molecular flexibility index (Phi) is 6.24. The Morgan fingerprint density at radius 2 is 1.82 bits per heavy atom. The standard InChI is InChI=1S/C22H16ClF2N5O3S/c1-12-3-5-16(6-4-12)34-17-9-14(8-15(10-17)30(32)33)27-21(31)18-11-20-26-13(2)7-19(22(23,24)25)29(20)28-18/h3-11H,1-2H3,(H,27,31). The van der Waals surface area contributed by atoms with Crippen molar-refractivity contribution in [1.29, 1.82) is 0 Å². The Balaban J connectivity index is 1.66. The molecular formula is C22H16ClF2N5O3S. The quantitative estimate of drug-likeness (QED) is 0.198. The van der Waals surface area contributed by atoms with Gasteiger partial charge in [-0.1, -0.05) is 29.5 Å². The fraction of sp³-hybridized carbons (Fsp3) is 0.136. The van der Waals surface area contributed by atoms with Crippen LogP contribution in [0.25, 0.3) is 5.65 Å². The molecule has 0 saturated carbocycles. The van der Waals surface area contributed by atoms with Gasteiger partial charge in [0.2, 0.25) is 0 Å². The number of nitro benzene ring substituents is 1. The average Bonchev–Trinajstić information content (AvgIpc) is 3.18. The molecule has 1 N–H and O–H groups in total. The van der Waals surface area contributed by atoms with Gasteiger partial charge in [0.05, 0.1) is 4.92 Å². The minimum absolute atomic E-state index is 0.00938. The van der Waals surface area contributed by atoms with Crippen LogP contribution in [0.5, 0.6) is 0 Å². The fourth-order valence-corrected chi connectivity index (χ4v) is 4.21. The van der Waals surface area contributed by atoms with Gasteiger partial charge in [0.1, 0.15) is 5.69 Å². The highest BCUT2D eigenvalue weighted by Crippen LogP contribution is 2.34. The number of alkyl halides is 3. The first-order valence-electron chi connectivity index (χ1n) is 9.79. The van der Waals surface area contributed by atoms with E-state index in [1.807, 2.05) is 31.2 Å². The maximum absolute atomic E-state index is 13.8. The Morgan fingerprint density at radius 3 is 2.47 bits per heavy atom. The Hall–Kier alpha value is -3.57. The van der Waals surface area contributed by atoms with Crippen molar-refractivity contribution < 1.29 is 18.5 Å². The van der Waals surface area contributed by atoms with Gasteiger partial charge in [0.25, 0.3) is 11.6 Å². The smallest absolute Gasteiger partial charge is 0.320 e. The summed E-state index contributed by atoms with van der Waals surface area (Å²) in [6.07, 6.45) is 0. The minimum Gasteiger partial charge on any atom is -0.320 e. The molecule has 174 valence electrons. The van der Waals surface area contributed by atoms with Crippen LogP contribution in [-0.4, -0.2) is 25.4 Å². The van der Waals surface area contributed by atoms with E-state index in [1.54, 1.807) is 6.07 Å². The summed E-state index contributed by atoms with van der Waals surface area (Å²) in [5.74, 6) is -0.751. The Morgan fingerprint density at radius 1 is 1.12 bits per heavy atom. The molecule has 2 aromatic heterocycles. The van der Waals surface area contributed by atoms with E-state index in [4.69, 9.17) is 11.6 Å². The fourth-order valence-electron chi connectivity index (χ4n) is 3.17. The first-order chi connectivity index (χ1) is 16.0. The molecule has 34 heavy (non-hydrogen) atoms. The third kappa shape index (κ3) is 5.15. The number of rotatable bonds is 6. The zero-order valence-corrected chi connectivity index (χ0v) is 19.3. The van der Waals surface area contributed by atoms with Gasteiger partial charge in [0.15, 0.2) is 11.3 Å². The molecule has 2 aromatic carbocycles. The van der Waals surface area contributed by atoms with Crippen LogP contribution in [0.4, 0.5) is 20.2 Å². The highest BCUT2D eigenvalue weighted by Gasteiger charge is 2.32. The van der Waals surface area contributed by atoms with Crippen molar-refractivity contribution in [2.75, 3.05) is 5.32 Å². The van der Waals surface area contributed by atoms with Gasteiger partial charge in [-0.2, -0.15) is 13.9 Å². The van der Waals surface area contributed by atoms with Crippen LogP contribution < -0.4 is 5.32 Å². The molecule has 4 aromatic rings. The number of nitrogens with zero attached hydrogens (tertiary/aromatic N) is 4. The third-order valence-electron chi connectivity index (χ3n) is 4.69. The molecule has 4 rings (SSSR count). The molecular weight excluding hydrogens is 488 g/mol. The largest absolute Gasteiger partial charge is 0.364 e. The number of carbonyl (C=O) groups excluding carboxylic acids is 1. The van der Waals surface area contributed by atoms with Gasteiger partial charge in [-0.05, 0) is 49.7 Å². The zero-order valence-electron chi connectivity index (χ0n) is 17.8. The van der Waals surface area contributed by atoms with Crippen LogP contribution in [0.15, 0.2) is 64.4 Å². The lowest BCUT2D eigenvalue weighted by molar-refractivity contribution is -0.385. The highest BCUT2D eigenvalue weighted by molar-refractivity contribution is 7.99. The van der Waals surface area contributed by atoms with E-state index in [-0.39, 0.29) is 28.4 Å². The number of amides is 1. The van der Waals surface area contributed by atoms with E-state index in [2.05, 4.69) is 15.4 Å². The molecule has 0 aliphatic rings. The van der Waals surface area contributed by atoms with Gasteiger partial charge in [-0.15, -0.1) is 0 Å². The van der Waals surface area contributed by atoms with Crippen LogP contribution in [-0.2, 0) is 5.38 Å². The van der Waals surface area contributed by atoms with Gasteiger partial charge in [-0.3, -0.25) is 14.9 Å². The summed E-state index contributed by atoms with van der Waals surface area (Å²) in [5.41, 5.74) is 0.439. The molecule has 2 heterocycles. The van der Waals surface area contributed by atoms with Gasteiger partial charge < -0.3 is 5.32 Å². The number of non-ortho nitro benzene ring substituents is 1. The molecule has 0 aliphatic carbocycles. The van der Waals surface area contributed by atoms with E-state index in [0.717, 1.165) is 21.0 Å². The molecule has 0 unspecified atom stereocenters. The van der Waals surface area contributed by atoms with Crippen LogP contribution in [0.3, 0.4) is 0 Å². The van der Waals surface area contributed by atoms with Crippen molar-refractivity contribution in [2.45, 2.75) is 29.0 Å². The van der Waals surface area contributed by atoms with Crippen molar-refractivity contribution in [3.05, 3.63) is 87.4 Å². The number of halogens is 3. The summed E-state index contributed by atoms with van der Waals surface area (Å²) >= 11 is 6.47. The number of hydrogen-bond donors (Lipinski definition) is 1. The summed E-state index contributed by atoms with van der Waals surface area (Å²) in [6, 6.07) is 14.1. The normalized spacial score (nSPS) is 11.6. The van der Waals surface area contributed by atoms with E-state index in [1.165, 1.54) is 36.9 Å². The monoisotopic (exact) mass is 503 g/mol. The SMILES string of the molecule is Cc1ccc(Sc2cc(NC(=O)c3cc4nc(C)cc(C(F)(F)Cl)n4n3)cc([N+](=O)[O-])c2)cc1. The number of aryl methyl sites for hydroxylation is 2. The highest BCUT2D eigenvalue weighted by atomic mass is 35.5. The van der Waals surface area contributed by atoms with Gasteiger partial charge in [-0.25, -0.2) is 9.50 Å². The Labute approximate surface area is 201 Å². The number of carbonyl (C=O) groups is 1. The predicted octanol–water partition coefficient (Wildman–Crippen LogP) is 5.95. The van der Waals surface area contributed by atoms with Crippen molar-refractivity contribution in [3.63, 3.8) is 0 Å². The summed E-state index contributed by atoms with van der Waals surface area (Å²) in [5, 5.41) is 14.1. The van der Waals surface area contributed by atoms with Crippen LogP contribution in [0.1, 0.15) is 27.4 Å². The van der Waals surface area contributed by atoms with E-state index < -0.39 is 21.9 Å². The number of nitrogens with one attached hydrogen (secondary N) is 1. The summed E-state index contributed by atoms with van der Waals surface area (Å²) in [6.45, 7) is 3.46. The molecule has 12 heteroatoms. The average molecular weight is 504 g/mol. The third-order valence-corrected chi connectivity index (χ3v) is 5.87. The van der Waals surface area contributed by atoms with Crippen molar-refractivity contribution >= 4 is 46.3 Å². The summed E-state index contributed by atoms with van der Waals surface area (Å²) < 4.78 is 28.4. The molecule has 8 nitrogen and oxygen atoms in total. The van der Waals surface area contributed by atoms with E-state index >= 15 is 0 Å². The van der Waals surface area contributed by atoms with Crippen molar-refractivity contribution in [3.8, 4) is 0 Å². The number of nitro groups is 1. The lowest BCUT2D eigenvalue weighted by Gasteiger charge is -2.10. The predicted molar refractivity (Wildman–Crippen MR) is 124 cm³/mol. The van der Waals surface area contributed by atoms with E-state index in [0.29, 0.717) is 4.90 Å². The first kappa shape index (κ1) is 23.6. The molecule has 0 saturated heterocycles. The molecule has 0 atom stereocenters. The first-order valence-corrected chi connectivity index (χ1v) is 11.0. The molecule has 0 spiro atoms. The lowest BCUT2D eigenvalue weighted by atomic mass is 10.2. The lowest BCUT2D eigenvalue weighted by Crippen LogP contribution is -2.15. The van der Waals surface area contributed by atoms with Crippen molar-refractivity contribution in [2.24, 2.45) is 0 Å². The number of benzene rings is 2.